The van der Waals surface area contributed by atoms with Crippen LogP contribution in [0, 0.1) is 11.8 Å². The summed E-state index contributed by atoms with van der Waals surface area (Å²) in [6.07, 6.45) is 3.87. The van der Waals surface area contributed by atoms with Gasteiger partial charge in [0.25, 0.3) is 0 Å². The first-order chi connectivity index (χ1) is 7.74. The second-order valence-corrected chi connectivity index (χ2v) is 5.02. The van der Waals surface area contributed by atoms with Gasteiger partial charge in [0.1, 0.15) is 0 Å². The Bertz CT molecular complexity index is 313. The first kappa shape index (κ1) is 10.3. The molecule has 0 spiro atoms. The van der Waals surface area contributed by atoms with Crippen molar-refractivity contribution < 1.29 is 14.3 Å². The molecule has 4 heteroatoms. The summed E-state index contributed by atoms with van der Waals surface area (Å²) in [5.74, 6) is -0.252. The minimum atomic E-state index is -0.150. The van der Waals surface area contributed by atoms with Crippen LogP contribution in [-0.4, -0.2) is 35.5 Å². The average Bonchev–Trinajstić information content (AvgIpc) is 2.92. The molecular formula is C12H17NO3. The molecule has 0 N–H and O–H groups in total. The van der Waals surface area contributed by atoms with Gasteiger partial charge < -0.3 is 4.74 Å². The van der Waals surface area contributed by atoms with E-state index in [0.29, 0.717) is 6.54 Å². The minimum absolute atomic E-state index is 0.0238. The van der Waals surface area contributed by atoms with E-state index in [1.807, 2.05) is 0 Å². The molecule has 0 aliphatic carbocycles. The van der Waals surface area contributed by atoms with Crippen LogP contribution in [0.1, 0.15) is 32.6 Å². The number of hydrogen-bond donors (Lipinski definition) is 0. The molecule has 3 aliphatic rings. The van der Waals surface area contributed by atoms with Gasteiger partial charge in [-0.2, -0.15) is 0 Å². The molecule has 2 bridgehead atoms. The van der Waals surface area contributed by atoms with Gasteiger partial charge in [0, 0.05) is 6.54 Å². The lowest BCUT2D eigenvalue weighted by Crippen LogP contribution is -2.34. The monoisotopic (exact) mass is 223 g/mol. The van der Waals surface area contributed by atoms with Crippen LogP contribution >= 0.6 is 0 Å². The molecule has 16 heavy (non-hydrogen) atoms. The molecule has 0 unspecified atom stereocenters. The summed E-state index contributed by atoms with van der Waals surface area (Å²) < 4.78 is 5.66. The molecule has 0 saturated carbocycles. The fraction of sp³-hybridized carbons (Fsp3) is 0.833. The lowest BCUT2D eigenvalue weighted by Gasteiger charge is -2.16. The average molecular weight is 223 g/mol. The molecular weight excluding hydrogens is 206 g/mol. The lowest BCUT2D eigenvalue weighted by atomic mass is 9.81. The van der Waals surface area contributed by atoms with Gasteiger partial charge in [0.05, 0.1) is 24.0 Å². The molecule has 4 atom stereocenters. The van der Waals surface area contributed by atoms with Crippen LogP contribution in [0.25, 0.3) is 0 Å². The van der Waals surface area contributed by atoms with Crippen molar-refractivity contribution in [1.29, 1.82) is 0 Å². The number of rotatable bonds is 3. The van der Waals surface area contributed by atoms with Crippen molar-refractivity contribution in [1.82, 2.24) is 4.90 Å². The molecule has 3 fully saturated rings. The van der Waals surface area contributed by atoms with Crippen molar-refractivity contribution in [2.75, 3.05) is 6.54 Å². The van der Waals surface area contributed by atoms with Crippen molar-refractivity contribution in [3.8, 4) is 0 Å². The standard InChI is InChI=1S/C12H17NO3/c1-2-3-6-13-11(14)9-7-4-5-8(16-7)10(9)12(13)15/h7-10H,2-6H2,1H3/t7-,8+,9+,10-. The second kappa shape index (κ2) is 3.55. The minimum Gasteiger partial charge on any atom is -0.373 e. The summed E-state index contributed by atoms with van der Waals surface area (Å²) in [6.45, 7) is 2.67. The van der Waals surface area contributed by atoms with Crippen LogP contribution < -0.4 is 0 Å². The van der Waals surface area contributed by atoms with Gasteiger partial charge in [-0.15, -0.1) is 0 Å². The second-order valence-electron chi connectivity index (χ2n) is 5.02. The Morgan fingerprint density at radius 3 is 2.25 bits per heavy atom. The molecule has 3 aliphatic heterocycles. The molecule has 2 amide bonds. The maximum absolute atomic E-state index is 12.1. The van der Waals surface area contributed by atoms with Crippen molar-refractivity contribution in [2.24, 2.45) is 11.8 Å². The van der Waals surface area contributed by atoms with Gasteiger partial charge in [-0.05, 0) is 19.3 Å². The summed E-state index contributed by atoms with van der Waals surface area (Å²) in [6, 6.07) is 0. The Hall–Kier alpha value is -0.900. The molecule has 3 rings (SSSR count). The van der Waals surface area contributed by atoms with E-state index < -0.39 is 0 Å². The molecule has 3 heterocycles. The van der Waals surface area contributed by atoms with E-state index in [2.05, 4.69) is 6.92 Å². The zero-order valence-corrected chi connectivity index (χ0v) is 9.52. The van der Waals surface area contributed by atoms with Crippen LogP contribution in [0.3, 0.4) is 0 Å². The van der Waals surface area contributed by atoms with Gasteiger partial charge >= 0.3 is 0 Å². The number of nitrogens with zero attached hydrogens (tertiary/aromatic N) is 1. The summed E-state index contributed by atoms with van der Waals surface area (Å²) in [4.78, 5) is 25.7. The molecule has 88 valence electrons. The molecule has 3 saturated heterocycles. The number of likely N-dealkylation sites (tertiary alicyclic amines) is 1. The van der Waals surface area contributed by atoms with Crippen molar-refractivity contribution >= 4 is 11.8 Å². The first-order valence-corrected chi connectivity index (χ1v) is 6.24. The predicted octanol–water partition coefficient (Wildman–Crippen LogP) is 0.949. The van der Waals surface area contributed by atoms with E-state index in [9.17, 15) is 9.59 Å². The van der Waals surface area contributed by atoms with E-state index in [-0.39, 0.29) is 35.9 Å². The highest BCUT2D eigenvalue weighted by Gasteiger charge is 2.61. The van der Waals surface area contributed by atoms with Crippen molar-refractivity contribution in [3.63, 3.8) is 0 Å². The zero-order chi connectivity index (χ0) is 11.3. The van der Waals surface area contributed by atoms with Gasteiger partial charge in [-0.25, -0.2) is 0 Å². The highest BCUT2D eigenvalue weighted by atomic mass is 16.5. The molecule has 0 aromatic carbocycles. The summed E-state index contributed by atoms with van der Waals surface area (Å²) in [7, 11) is 0. The highest BCUT2D eigenvalue weighted by molar-refractivity contribution is 6.06. The van der Waals surface area contributed by atoms with Gasteiger partial charge in [0.15, 0.2) is 0 Å². The van der Waals surface area contributed by atoms with E-state index in [1.165, 1.54) is 4.90 Å². The third kappa shape index (κ3) is 1.19. The van der Waals surface area contributed by atoms with Crippen LogP contribution in [0.4, 0.5) is 0 Å². The molecule has 0 radical (unpaired) electrons. The quantitative estimate of drug-likeness (QED) is 0.669. The molecule has 0 aromatic heterocycles. The number of carbonyl (C=O) groups excluding carboxylic acids is 2. The Kier molecular flexibility index (Phi) is 2.28. The Morgan fingerprint density at radius 2 is 1.75 bits per heavy atom. The van der Waals surface area contributed by atoms with Crippen LogP contribution in [-0.2, 0) is 14.3 Å². The third-order valence-electron chi connectivity index (χ3n) is 4.11. The summed E-state index contributed by atoms with van der Waals surface area (Å²) in [5.41, 5.74) is 0. The zero-order valence-electron chi connectivity index (χ0n) is 9.52. The number of ether oxygens (including phenoxy) is 1. The Labute approximate surface area is 94.9 Å². The Morgan fingerprint density at radius 1 is 1.19 bits per heavy atom. The third-order valence-corrected chi connectivity index (χ3v) is 4.11. The fourth-order valence-corrected chi connectivity index (χ4v) is 3.31. The van der Waals surface area contributed by atoms with Crippen molar-refractivity contribution in [2.45, 2.75) is 44.8 Å². The first-order valence-electron chi connectivity index (χ1n) is 6.24. The SMILES string of the molecule is CCCCN1C(=O)[C@@H]2[C@H](C1=O)[C@@H]1CC[C@H]2O1. The van der Waals surface area contributed by atoms with E-state index in [1.54, 1.807) is 0 Å². The van der Waals surface area contributed by atoms with Crippen LogP contribution in [0.2, 0.25) is 0 Å². The largest absolute Gasteiger partial charge is 0.373 e. The van der Waals surface area contributed by atoms with E-state index in [0.717, 1.165) is 25.7 Å². The topological polar surface area (TPSA) is 46.6 Å². The number of imide groups is 1. The van der Waals surface area contributed by atoms with E-state index >= 15 is 0 Å². The number of carbonyl (C=O) groups is 2. The highest BCUT2D eigenvalue weighted by Crippen LogP contribution is 2.48. The lowest BCUT2D eigenvalue weighted by molar-refractivity contribution is -0.142. The normalized spacial score (nSPS) is 40.9. The predicted molar refractivity (Wildman–Crippen MR) is 56.5 cm³/mol. The number of amides is 2. The van der Waals surface area contributed by atoms with Gasteiger partial charge in [-0.1, -0.05) is 13.3 Å². The number of fused-ring (bicyclic) bond motifs is 5. The van der Waals surface area contributed by atoms with Gasteiger partial charge in [-0.3, -0.25) is 14.5 Å². The maximum Gasteiger partial charge on any atom is 0.235 e. The van der Waals surface area contributed by atoms with Crippen LogP contribution in [0.15, 0.2) is 0 Å². The van der Waals surface area contributed by atoms with Crippen LogP contribution in [0.5, 0.6) is 0 Å². The van der Waals surface area contributed by atoms with Gasteiger partial charge in [0.2, 0.25) is 11.8 Å². The summed E-state index contributed by atoms with van der Waals surface area (Å²) >= 11 is 0. The fourth-order valence-electron chi connectivity index (χ4n) is 3.31. The summed E-state index contributed by atoms with van der Waals surface area (Å²) in [5, 5.41) is 0. The molecule has 4 nitrogen and oxygen atoms in total. The van der Waals surface area contributed by atoms with Crippen molar-refractivity contribution in [3.05, 3.63) is 0 Å². The number of unbranched alkanes of at least 4 members (excludes halogenated alkanes) is 1. The smallest absolute Gasteiger partial charge is 0.235 e. The van der Waals surface area contributed by atoms with E-state index in [4.69, 9.17) is 4.74 Å². The molecule has 0 aromatic rings. The maximum atomic E-state index is 12.1. The Balaban J connectivity index is 1.81. The number of hydrogen-bond acceptors (Lipinski definition) is 3.